The van der Waals surface area contributed by atoms with Crippen LogP contribution in [0.4, 0.5) is 0 Å². The SMILES string of the molecule is O=C(O)c1cccc(-c2ccc(-c3ccccc3CN3CCOCC3)cc2)c1. The second-order valence-electron chi connectivity index (χ2n) is 7.01. The molecule has 4 heteroatoms. The predicted molar refractivity (Wildman–Crippen MR) is 110 cm³/mol. The minimum Gasteiger partial charge on any atom is -0.478 e. The molecule has 0 bridgehead atoms. The summed E-state index contributed by atoms with van der Waals surface area (Å²) in [6, 6.07) is 23.9. The van der Waals surface area contributed by atoms with E-state index in [1.54, 1.807) is 18.2 Å². The summed E-state index contributed by atoms with van der Waals surface area (Å²) in [4.78, 5) is 13.6. The Hall–Kier alpha value is -2.95. The number of nitrogens with zero attached hydrogens (tertiary/aromatic N) is 1. The highest BCUT2D eigenvalue weighted by molar-refractivity contribution is 5.89. The fraction of sp³-hybridized carbons (Fsp3) is 0.208. The van der Waals surface area contributed by atoms with E-state index < -0.39 is 5.97 Å². The number of carboxylic acid groups (broad SMARTS) is 1. The maximum absolute atomic E-state index is 11.2. The molecule has 0 unspecified atom stereocenters. The van der Waals surface area contributed by atoms with E-state index in [0.717, 1.165) is 44.0 Å². The van der Waals surface area contributed by atoms with Gasteiger partial charge in [0.1, 0.15) is 0 Å². The zero-order valence-corrected chi connectivity index (χ0v) is 15.7. The molecule has 0 aromatic heterocycles. The molecule has 0 atom stereocenters. The first-order chi connectivity index (χ1) is 13.7. The van der Waals surface area contributed by atoms with Crippen molar-refractivity contribution in [1.82, 2.24) is 4.90 Å². The Morgan fingerprint density at radius 1 is 0.857 bits per heavy atom. The van der Waals surface area contributed by atoms with Crippen LogP contribution in [0.1, 0.15) is 15.9 Å². The van der Waals surface area contributed by atoms with Gasteiger partial charge < -0.3 is 9.84 Å². The standard InChI is InChI=1S/C24H23NO3/c26-24(27)21-6-3-5-20(16-21)18-8-10-19(11-9-18)23-7-2-1-4-22(23)17-25-12-14-28-15-13-25/h1-11,16H,12-15,17H2,(H,26,27). The van der Waals surface area contributed by atoms with Crippen molar-refractivity contribution >= 4 is 5.97 Å². The molecule has 0 aliphatic carbocycles. The van der Waals surface area contributed by atoms with Crippen LogP contribution in [0.3, 0.4) is 0 Å². The Kier molecular flexibility index (Phi) is 5.51. The van der Waals surface area contributed by atoms with Gasteiger partial charge in [-0.05, 0) is 39.9 Å². The van der Waals surface area contributed by atoms with Crippen LogP contribution < -0.4 is 0 Å². The van der Waals surface area contributed by atoms with Crippen molar-refractivity contribution in [2.75, 3.05) is 26.3 Å². The fourth-order valence-corrected chi connectivity index (χ4v) is 3.61. The highest BCUT2D eigenvalue weighted by atomic mass is 16.5. The van der Waals surface area contributed by atoms with E-state index >= 15 is 0 Å². The molecular formula is C24H23NO3. The predicted octanol–water partition coefficient (Wildman–Crippen LogP) is 4.55. The van der Waals surface area contributed by atoms with Gasteiger partial charge in [0, 0.05) is 19.6 Å². The number of hydrogen-bond acceptors (Lipinski definition) is 3. The summed E-state index contributed by atoms with van der Waals surface area (Å²) in [7, 11) is 0. The first-order valence-corrected chi connectivity index (χ1v) is 9.53. The van der Waals surface area contributed by atoms with Crippen molar-refractivity contribution in [3.05, 3.63) is 83.9 Å². The van der Waals surface area contributed by atoms with Gasteiger partial charge in [-0.1, -0.05) is 60.7 Å². The summed E-state index contributed by atoms with van der Waals surface area (Å²) in [5, 5.41) is 9.20. The number of hydrogen-bond donors (Lipinski definition) is 1. The molecule has 1 heterocycles. The number of carbonyl (C=O) groups is 1. The number of ether oxygens (including phenoxy) is 1. The Morgan fingerprint density at radius 2 is 1.57 bits per heavy atom. The van der Waals surface area contributed by atoms with Crippen LogP contribution in [0.15, 0.2) is 72.8 Å². The van der Waals surface area contributed by atoms with Crippen molar-refractivity contribution in [3.63, 3.8) is 0 Å². The zero-order valence-electron chi connectivity index (χ0n) is 15.7. The summed E-state index contributed by atoms with van der Waals surface area (Å²) < 4.78 is 5.45. The van der Waals surface area contributed by atoms with Gasteiger partial charge in [0.15, 0.2) is 0 Å². The zero-order chi connectivity index (χ0) is 19.3. The average Bonchev–Trinajstić information content (AvgIpc) is 2.75. The molecule has 28 heavy (non-hydrogen) atoms. The lowest BCUT2D eigenvalue weighted by atomic mass is 9.96. The first-order valence-electron chi connectivity index (χ1n) is 9.53. The molecule has 1 aliphatic rings. The van der Waals surface area contributed by atoms with Gasteiger partial charge in [0.25, 0.3) is 0 Å². The number of benzene rings is 3. The van der Waals surface area contributed by atoms with Crippen LogP contribution in [0, 0.1) is 0 Å². The van der Waals surface area contributed by atoms with Gasteiger partial charge in [-0.3, -0.25) is 4.90 Å². The van der Waals surface area contributed by atoms with Crippen LogP contribution in [0.2, 0.25) is 0 Å². The van der Waals surface area contributed by atoms with Crippen molar-refractivity contribution in [1.29, 1.82) is 0 Å². The molecule has 4 nitrogen and oxygen atoms in total. The molecule has 4 rings (SSSR count). The van der Waals surface area contributed by atoms with Crippen molar-refractivity contribution in [3.8, 4) is 22.3 Å². The number of carboxylic acids is 1. The highest BCUT2D eigenvalue weighted by Crippen LogP contribution is 2.28. The lowest BCUT2D eigenvalue weighted by molar-refractivity contribution is 0.0342. The highest BCUT2D eigenvalue weighted by Gasteiger charge is 2.13. The third-order valence-electron chi connectivity index (χ3n) is 5.15. The Bertz CT molecular complexity index is 960. The molecule has 0 radical (unpaired) electrons. The quantitative estimate of drug-likeness (QED) is 0.713. The molecule has 1 aliphatic heterocycles. The van der Waals surface area contributed by atoms with E-state index in [2.05, 4.69) is 53.4 Å². The number of aromatic carboxylic acids is 1. The molecule has 142 valence electrons. The van der Waals surface area contributed by atoms with E-state index in [0.29, 0.717) is 5.56 Å². The number of rotatable bonds is 5. The van der Waals surface area contributed by atoms with E-state index in [1.165, 1.54) is 16.7 Å². The van der Waals surface area contributed by atoms with Crippen LogP contribution in [0.5, 0.6) is 0 Å². The van der Waals surface area contributed by atoms with Crippen LogP contribution in [-0.2, 0) is 11.3 Å². The monoisotopic (exact) mass is 373 g/mol. The first kappa shape index (κ1) is 18.4. The fourth-order valence-electron chi connectivity index (χ4n) is 3.61. The second kappa shape index (κ2) is 8.38. The van der Waals surface area contributed by atoms with E-state index in [-0.39, 0.29) is 0 Å². The summed E-state index contributed by atoms with van der Waals surface area (Å²) in [6.07, 6.45) is 0. The third kappa shape index (κ3) is 4.14. The normalized spacial score (nSPS) is 14.7. The summed E-state index contributed by atoms with van der Waals surface area (Å²) in [5.74, 6) is -0.907. The van der Waals surface area contributed by atoms with Gasteiger partial charge in [-0.25, -0.2) is 4.79 Å². The van der Waals surface area contributed by atoms with Crippen molar-refractivity contribution in [2.24, 2.45) is 0 Å². The largest absolute Gasteiger partial charge is 0.478 e. The van der Waals surface area contributed by atoms with E-state index in [4.69, 9.17) is 4.74 Å². The molecular weight excluding hydrogens is 350 g/mol. The third-order valence-corrected chi connectivity index (χ3v) is 5.15. The maximum Gasteiger partial charge on any atom is 0.335 e. The molecule has 1 N–H and O–H groups in total. The van der Waals surface area contributed by atoms with Gasteiger partial charge in [0.2, 0.25) is 0 Å². The molecule has 0 spiro atoms. The van der Waals surface area contributed by atoms with Crippen LogP contribution in [0.25, 0.3) is 22.3 Å². The molecule has 1 fully saturated rings. The minimum absolute atomic E-state index is 0.303. The van der Waals surface area contributed by atoms with Gasteiger partial charge in [-0.2, -0.15) is 0 Å². The Labute approximate surface area is 165 Å². The molecule has 1 saturated heterocycles. The second-order valence-corrected chi connectivity index (χ2v) is 7.01. The summed E-state index contributed by atoms with van der Waals surface area (Å²) in [6.45, 7) is 4.45. The van der Waals surface area contributed by atoms with Crippen LogP contribution in [-0.4, -0.2) is 42.3 Å². The lowest BCUT2D eigenvalue weighted by Gasteiger charge is -2.27. The Morgan fingerprint density at radius 3 is 2.32 bits per heavy atom. The molecule has 3 aromatic carbocycles. The molecule has 3 aromatic rings. The van der Waals surface area contributed by atoms with E-state index in [1.807, 2.05) is 6.07 Å². The van der Waals surface area contributed by atoms with Gasteiger partial charge in [0.05, 0.1) is 18.8 Å². The minimum atomic E-state index is -0.907. The summed E-state index contributed by atoms with van der Waals surface area (Å²) in [5.41, 5.74) is 5.94. The molecule has 0 saturated carbocycles. The smallest absolute Gasteiger partial charge is 0.335 e. The van der Waals surface area contributed by atoms with Gasteiger partial charge >= 0.3 is 5.97 Å². The summed E-state index contributed by atoms with van der Waals surface area (Å²) >= 11 is 0. The van der Waals surface area contributed by atoms with Gasteiger partial charge in [-0.15, -0.1) is 0 Å². The topological polar surface area (TPSA) is 49.8 Å². The average molecular weight is 373 g/mol. The van der Waals surface area contributed by atoms with Crippen LogP contribution >= 0.6 is 0 Å². The van der Waals surface area contributed by atoms with Crippen molar-refractivity contribution in [2.45, 2.75) is 6.54 Å². The van der Waals surface area contributed by atoms with E-state index in [9.17, 15) is 9.90 Å². The maximum atomic E-state index is 11.2. The number of morpholine rings is 1. The van der Waals surface area contributed by atoms with Crippen molar-refractivity contribution < 1.29 is 14.6 Å². The lowest BCUT2D eigenvalue weighted by Crippen LogP contribution is -2.35. The molecule has 0 amide bonds. The Balaban J connectivity index is 1.59.